The number of hydrogen-bond acceptors (Lipinski definition) is 4. The van der Waals surface area contributed by atoms with Crippen LogP contribution in [-0.4, -0.2) is 19.2 Å². The van der Waals surface area contributed by atoms with E-state index in [9.17, 15) is 0 Å². The number of hydrogen-bond donors (Lipinski definition) is 0. The van der Waals surface area contributed by atoms with E-state index in [0.717, 1.165) is 17.0 Å². The Balaban J connectivity index is 2.12. The number of ether oxygens (including phenoxy) is 3. The molecule has 0 radical (unpaired) electrons. The fraction of sp³-hybridized carbons (Fsp3) is 0.267. The molecule has 0 amide bonds. The van der Waals surface area contributed by atoms with Gasteiger partial charge in [-0.3, -0.25) is 0 Å². The number of aromatic nitrogens is 1. The Bertz CT molecular complexity index is 575. The first-order valence-electron chi connectivity index (χ1n) is 6.12. The number of nitrogens with zero attached hydrogens (tertiary/aromatic N) is 1. The molecule has 2 aromatic rings. The zero-order chi connectivity index (χ0) is 14.4. The molecule has 0 spiro atoms. The lowest BCUT2D eigenvalue weighted by Gasteiger charge is -2.11. The molecule has 4 nitrogen and oxygen atoms in total. The molecule has 1 aromatic heterocycles. The van der Waals surface area contributed by atoms with Crippen LogP contribution < -0.4 is 14.2 Å². The maximum Gasteiger partial charge on any atom is 0.213 e. The molecular weight excluding hydrogens is 278 g/mol. The van der Waals surface area contributed by atoms with Gasteiger partial charge in [-0.1, -0.05) is 12.1 Å². The molecule has 20 heavy (non-hydrogen) atoms. The van der Waals surface area contributed by atoms with Gasteiger partial charge in [-0.05, 0) is 12.1 Å². The summed E-state index contributed by atoms with van der Waals surface area (Å²) >= 11 is 5.90. The first kappa shape index (κ1) is 14.5. The third-order valence-electron chi connectivity index (χ3n) is 2.78. The summed E-state index contributed by atoms with van der Waals surface area (Å²) in [5.41, 5.74) is 1.70. The van der Waals surface area contributed by atoms with Gasteiger partial charge in [-0.25, -0.2) is 4.98 Å². The number of alkyl halides is 1. The van der Waals surface area contributed by atoms with Gasteiger partial charge in [0.25, 0.3) is 0 Å². The third-order valence-corrected chi connectivity index (χ3v) is 3.07. The summed E-state index contributed by atoms with van der Waals surface area (Å²) in [6.07, 6.45) is 0. The van der Waals surface area contributed by atoms with Crippen LogP contribution in [0.25, 0.3) is 0 Å². The van der Waals surface area contributed by atoms with E-state index in [0.29, 0.717) is 24.1 Å². The largest absolute Gasteiger partial charge is 0.497 e. The highest BCUT2D eigenvalue weighted by Crippen LogP contribution is 2.26. The number of halogens is 1. The van der Waals surface area contributed by atoms with Crippen LogP contribution in [0.2, 0.25) is 0 Å². The van der Waals surface area contributed by atoms with Crippen molar-refractivity contribution in [2.24, 2.45) is 0 Å². The predicted molar refractivity (Wildman–Crippen MR) is 77.7 cm³/mol. The van der Waals surface area contributed by atoms with Crippen molar-refractivity contribution in [1.29, 1.82) is 0 Å². The molecule has 0 saturated heterocycles. The molecule has 2 rings (SSSR count). The minimum absolute atomic E-state index is 0.342. The predicted octanol–water partition coefficient (Wildman–Crippen LogP) is 3.42. The summed E-state index contributed by atoms with van der Waals surface area (Å²) < 4.78 is 16.0. The summed E-state index contributed by atoms with van der Waals surface area (Å²) in [5, 5.41) is 0. The van der Waals surface area contributed by atoms with Crippen LogP contribution in [0.3, 0.4) is 0 Å². The molecular formula is C15H16ClNO3. The molecule has 1 heterocycles. The van der Waals surface area contributed by atoms with E-state index in [2.05, 4.69) is 4.98 Å². The van der Waals surface area contributed by atoms with Crippen molar-refractivity contribution < 1.29 is 14.2 Å². The Labute approximate surface area is 123 Å². The SMILES string of the molecule is COc1ccc(CCl)c(OCc2cccc(OC)n2)c1. The molecule has 1 aromatic carbocycles. The second kappa shape index (κ2) is 7.01. The smallest absolute Gasteiger partial charge is 0.213 e. The van der Waals surface area contributed by atoms with E-state index in [4.69, 9.17) is 25.8 Å². The summed E-state index contributed by atoms with van der Waals surface area (Å²) in [4.78, 5) is 4.29. The zero-order valence-corrected chi connectivity index (χ0v) is 12.2. The lowest BCUT2D eigenvalue weighted by Crippen LogP contribution is -2.01. The Kier molecular flexibility index (Phi) is 5.07. The van der Waals surface area contributed by atoms with Crippen molar-refractivity contribution in [3.8, 4) is 17.4 Å². The lowest BCUT2D eigenvalue weighted by molar-refractivity contribution is 0.293. The van der Waals surface area contributed by atoms with Crippen molar-refractivity contribution in [1.82, 2.24) is 4.98 Å². The molecule has 0 bridgehead atoms. The van der Waals surface area contributed by atoms with Gasteiger partial charge in [-0.15, -0.1) is 11.6 Å². The maximum absolute atomic E-state index is 5.90. The summed E-state index contributed by atoms with van der Waals surface area (Å²) in [7, 11) is 3.20. The van der Waals surface area contributed by atoms with E-state index in [1.807, 2.05) is 30.3 Å². The molecule has 0 aliphatic carbocycles. The van der Waals surface area contributed by atoms with E-state index in [-0.39, 0.29) is 0 Å². The van der Waals surface area contributed by atoms with Crippen LogP contribution in [0.1, 0.15) is 11.3 Å². The molecule has 0 N–H and O–H groups in total. The molecule has 0 saturated carbocycles. The first-order chi connectivity index (χ1) is 9.76. The van der Waals surface area contributed by atoms with Crippen molar-refractivity contribution in [3.63, 3.8) is 0 Å². The lowest BCUT2D eigenvalue weighted by atomic mass is 10.2. The number of methoxy groups -OCH3 is 2. The number of rotatable bonds is 6. The van der Waals surface area contributed by atoms with Crippen molar-refractivity contribution in [2.45, 2.75) is 12.5 Å². The molecule has 0 atom stereocenters. The Hall–Kier alpha value is -1.94. The second-order valence-electron chi connectivity index (χ2n) is 4.07. The topological polar surface area (TPSA) is 40.6 Å². The molecule has 0 unspecified atom stereocenters. The van der Waals surface area contributed by atoms with Gasteiger partial charge in [0.1, 0.15) is 18.1 Å². The highest BCUT2D eigenvalue weighted by Gasteiger charge is 2.06. The fourth-order valence-electron chi connectivity index (χ4n) is 1.71. The van der Waals surface area contributed by atoms with Crippen LogP contribution in [-0.2, 0) is 12.5 Å². The minimum Gasteiger partial charge on any atom is -0.497 e. The van der Waals surface area contributed by atoms with E-state index >= 15 is 0 Å². The van der Waals surface area contributed by atoms with Gasteiger partial charge in [0, 0.05) is 17.7 Å². The highest BCUT2D eigenvalue weighted by atomic mass is 35.5. The normalized spacial score (nSPS) is 10.2. The molecule has 0 aliphatic rings. The van der Waals surface area contributed by atoms with Crippen LogP contribution in [0.5, 0.6) is 17.4 Å². The van der Waals surface area contributed by atoms with Gasteiger partial charge in [-0.2, -0.15) is 0 Å². The molecule has 0 fully saturated rings. The minimum atomic E-state index is 0.342. The highest BCUT2D eigenvalue weighted by molar-refractivity contribution is 6.17. The fourth-order valence-corrected chi connectivity index (χ4v) is 1.93. The van der Waals surface area contributed by atoms with Crippen molar-refractivity contribution >= 4 is 11.6 Å². The van der Waals surface area contributed by atoms with Gasteiger partial charge >= 0.3 is 0 Å². The second-order valence-corrected chi connectivity index (χ2v) is 4.33. The van der Waals surface area contributed by atoms with Gasteiger partial charge < -0.3 is 14.2 Å². The van der Waals surface area contributed by atoms with E-state index in [1.54, 1.807) is 20.3 Å². The van der Waals surface area contributed by atoms with E-state index in [1.165, 1.54) is 0 Å². The third kappa shape index (κ3) is 3.54. The summed E-state index contributed by atoms with van der Waals surface area (Å²) in [6.45, 7) is 0.342. The monoisotopic (exact) mass is 293 g/mol. The number of pyridine rings is 1. The molecule has 5 heteroatoms. The number of benzene rings is 1. The van der Waals surface area contributed by atoms with Gasteiger partial charge in [0.15, 0.2) is 0 Å². The van der Waals surface area contributed by atoms with Crippen LogP contribution >= 0.6 is 11.6 Å². The van der Waals surface area contributed by atoms with Crippen LogP contribution in [0, 0.1) is 0 Å². The Morgan fingerprint density at radius 3 is 2.65 bits per heavy atom. The first-order valence-corrected chi connectivity index (χ1v) is 6.66. The van der Waals surface area contributed by atoms with Crippen molar-refractivity contribution in [2.75, 3.05) is 14.2 Å². The van der Waals surface area contributed by atoms with Crippen molar-refractivity contribution in [3.05, 3.63) is 47.7 Å². The van der Waals surface area contributed by atoms with E-state index < -0.39 is 0 Å². The summed E-state index contributed by atoms with van der Waals surface area (Å²) in [5.74, 6) is 2.37. The standard InChI is InChI=1S/C15H16ClNO3/c1-18-13-7-6-11(9-16)14(8-13)20-10-12-4-3-5-15(17-12)19-2/h3-8H,9-10H2,1-2H3. The quantitative estimate of drug-likeness (QED) is 0.765. The summed E-state index contributed by atoms with van der Waals surface area (Å²) in [6, 6.07) is 11.1. The average Bonchev–Trinajstić information content (AvgIpc) is 2.52. The maximum atomic E-state index is 5.90. The van der Waals surface area contributed by atoms with Crippen LogP contribution in [0.15, 0.2) is 36.4 Å². The molecule has 106 valence electrons. The molecule has 0 aliphatic heterocycles. The zero-order valence-electron chi connectivity index (χ0n) is 11.4. The van der Waals surface area contributed by atoms with Gasteiger partial charge in [0.05, 0.1) is 25.8 Å². The van der Waals surface area contributed by atoms with Gasteiger partial charge in [0.2, 0.25) is 5.88 Å². The van der Waals surface area contributed by atoms with Crippen LogP contribution in [0.4, 0.5) is 0 Å². The average molecular weight is 294 g/mol. The Morgan fingerprint density at radius 1 is 1.10 bits per heavy atom. The Morgan fingerprint density at radius 2 is 1.95 bits per heavy atom.